The van der Waals surface area contributed by atoms with Crippen LogP contribution in [0.1, 0.15) is 0 Å². The van der Waals surface area contributed by atoms with E-state index in [1.807, 2.05) is 30.3 Å². The molecule has 0 bridgehead atoms. The molecule has 2 aromatic heterocycles. The van der Waals surface area contributed by atoms with E-state index in [0.717, 1.165) is 5.56 Å². The number of nitrogens with zero attached hydrogens (tertiary/aromatic N) is 3. The first-order valence-corrected chi connectivity index (χ1v) is 5.57. The molecule has 0 atom stereocenters. The van der Waals surface area contributed by atoms with Gasteiger partial charge in [0.1, 0.15) is 11.5 Å². The summed E-state index contributed by atoms with van der Waals surface area (Å²) in [5.41, 5.74) is 7.77. The molecule has 2 N–H and O–H groups in total. The summed E-state index contributed by atoms with van der Waals surface area (Å²) < 4.78 is 3.10. The lowest BCUT2D eigenvalue weighted by Gasteiger charge is -1.99. The summed E-state index contributed by atoms with van der Waals surface area (Å²) in [4.78, 5) is 16.3. The van der Waals surface area contributed by atoms with Gasteiger partial charge in [-0.3, -0.25) is 9.20 Å². The molecule has 0 amide bonds. The Morgan fingerprint density at radius 2 is 1.89 bits per heavy atom. The molecule has 0 unspecified atom stereocenters. The van der Waals surface area contributed by atoms with E-state index >= 15 is 0 Å². The fourth-order valence-corrected chi connectivity index (χ4v) is 1.95. The second-order valence-electron chi connectivity index (χ2n) is 4.12. The number of imidazole rings is 1. The number of rotatable bonds is 1. The largest absolute Gasteiger partial charge is 0.383 e. The Bertz CT molecular complexity index is 771. The van der Waals surface area contributed by atoms with Crippen LogP contribution < -0.4 is 11.3 Å². The van der Waals surface area contributed by atoms with Crippen molar-refractivity contribution in [3.8, 4) is 11.3 Å². The summed E-state index contributed by atoms with van der Waals surface area (Å²) in [7, 11) is 1.69. The van der Waals surface area contributed by atoms with E-state index in [1.165, 1.54) is 4.57 Å². The van der Waals surface area contributed by atoms with Crippen LogP contribution in [-0.2, 0) is 7.05 Å². The summed E-state index contributed by atoms with van der Waals surface area (Å²) in [5, 5.41) is 0. The summed E-state index contributed by atoms with van der Waals surface area (Å²) in [6.45, 7) is 0. The monoisotopic (exact) mass is 240 g/mol. The molecule has 0 fully saturated rings. The van der Waals surface area contributed by atoms with Crippen LogP contribution >= 0.6 is 0 Å². The van der Waals surface area contributed by atoms with Gasteiger partial charge in [-0.15, -0.1) is 0 Å². The highest BCUT2D eigenvalue weighted by atomic mass is 16.1. The Balaban J connectivity index is 2.37. The maximum atomic E-state index is 11.9. The van der Waals surface area contributed by atoms with Crippen molar-refractivity contribution in [3.05, 3.63) is 53.1 Å². The minimum atomic E-state index is -0.161. The highest BCUT2D eigenvalue weighted by Crippen LogP contribution is 2.24. The fraction of sp³-hybridized carbons (Fsp3) is 0.0769. The minimum absolute atomic E-state index is 0.161. The first-order chi connectivity index (χ1) is 8.68. The summed E-state index contributed by atoms with van der Waals surface area (Å²) in [5.74, 6) is 0.480. The van der Waals surface area contributed by atoms with Crippen LogP contribution in [0.25, 0.3) is 16.9 Å². The van der Waals surface area contributed by atoms with Gasteiger partial charge in [0.15, 0.2) is 0 Å². The minimum Gasteiger partial charge on any atom is -0.383 e. The predicted molar refractivity (Wildman–Crippen MR) is 70.3 cm³/mol. The van der Waals surface area contributed by atoms with Gasteiger partial charge in [0.25, 0.3) is 5.56 Å². The van der Waals surface area contributed by atoms with E-state index in [0.29, 0.717) is 17.2 Å². The summed E-state index contributed by atoms with van der Waals surface area (Å²) >= 11 is 0. The van der Waals surface area contributed by atoms with Gasteiger partial charge in [-0.2, -0.15) is 0 Å². The van der Waals surface area contributed by atoms with E-state index < -0.39 is 0 Å². The standard InChI is InChI=1S/C13H12N4O/c1-16-7-8-17-11(14)10(15-12(17)13(16)18)9-5-3-2-4-6-9/h2-8H,14H2,1H3. The van der Waals surface area contributed by atoms with E-state index in [1.54, 1.807) is 23.8 Å². The van der Waals surface area contributed by atoms with Crippen LogP contribution in [0.3, 0.4) is 0 Å². The Morgan fingerprint density at radius 1 is 1.17 bits per heavy atom. The lowest BCUT2D eigenvalue weighted by atomic mass is 10.1. The van der Waals surface area contributed by atoms with Crippen molar-refractivity contribution in [2.75, 3.05) is 5.73 Å². The fourth-order valence-electron chi connectivity index (χ4n) is 1.95. The zero-order chi connectivity index (χ0) is 12.7. The first kappa shape index (κ1) is 10.6. The molecule has 3 aromatic rings. The molecule has 3 rings (SSSR count). The number of benzene rings is 1. The molecule has 2 heterocycles. The van der Waals surface area contributed by atoms with Crippen LogP contribution in [0.5, 0.6) is 0 Å². The zero-order valence-corrected chi connectivity index (χ0v) is 9.87. The first-order valence-electron chi connectivity index (χ1n) is 5.57. The van der Waals surface area contributed by atoms with Gasteiger partial charge in [0.2, 0.25) is 5.65 Å². The molecule has 0 spiro atoms. The Morgan fingerprint density at radius 3 is 2.61 bits per heavy atom. The van der Waals surface area contributed by atoms with Crippen molar-refractivity contribution < 1.29 is 0 Å². The SMILES string of the molecule is Cn1ccn2c(N)c(-c3ccccc3)nc2c1=O. The average molecular weight is 240 g/mol. The molecule has 1 aromatic carbocycles. The Hall–Kier alpha value is -2.56. The van der Waals surface area contributed by atoms with Gasteiger partial charge in [0.05, 0.1) is 0 Å². The van der Waals surface area contributed by atoms with E-state index in [9.17, 15) is 4.79 Å². The number of aryl methyl sites for hydroxylation is 1. The molecule has 5 heteroatoms. The second-order valence-corrected chi connectivity index (χ2v) is 4.12. The Kier molecular flexibility index (Phi) is 2.19. The van der Waals surface area contributed by atoms with Gasteiger partial charge >= 0.3 is 0 Å². The van der Waals surface area contributed by atoms with Crippen LogP contribution in [-0.4, -0.2) is 14.0 Å². The van der Waals surface area contributed by atoms with Crippen molar-refractivity contribution in [3.63, 3.8) is 0 Å². The number of aromatic nitrogens is 3. The smallest absolute Gasteiger partial charge is 0.294 e. The molecule has 0 aliphatic carbocycles. The van der Waals surface area contributed by atoms with Crippen LogP contribution in [0, 0.1) is 0 Å². The van der Waals surface area contributed by atoms with E-state index in [2.05, 4.69) is 4.98 Å². The van der Waals surface area contributed by atoms with Crippen molar-refractivity contribution in [1.82, 2.24) is 14.0 Å². The Labute approximate surface area is 103 Å². The molecule has 0 aliphatic rings. The number of nitrogens with two attached hydrogens (primary N) is 1. The lowest BCUT2D eigenvalue weighted by Crippen LogP contribution is -2.18. The summed E-state index contributed by atoms with van der Waals surface area (Å²) in [6.07, 6.45) is 3.41. The van der Waals surface area contributed by atoms with Gasteiger partial charge in [-0.25, -0.2) is 4.98 Å². The molecule has 0 saturated heterocycles. The molecule has 90 valence electrons. The number of nitrogen functional groups attached to an aromatic ring is 1. The molecular weight excluding hydrogens is 228 g/mol. The average Bonchev–Trinajstić information content (AvgIpc) is 2.73. The zero-order valence-electron chi connectivity index (χ0n) is 9.87. The van der Waals surface area contributed by atoms with Gasteiger partial charge in [-0.05, 0) is 0 Å². The van der Waals surface area contributed by atoms with E-state index in [-0.39, 0.29) is 5.56 Å². The maximum Gasteiger partial charge on any atom is 0.294 e. The lowest BCUT2D eigenvalue weighted by molar-refractivity contribution is 0.843. The molecule has 0 saturated carbocycles. The topological polar surface area (TPSA) is 65.3 Å². The number of hydrogen-bond donors (Lipinski definition) is 1. The van der Waals surface area contributed by atoms with Crippen LogP contribution in [0.4, 0.5) is 5.82 Å². The van der Waals surface area contributed by atoms with Gasteiger partial charge in [-0.1, -0.05) is 30.3 Å². The van der Waals surface area contributed by atoms with Crippen molar-refractivity contribution >= 4 is 11.5 Å². The highest BCUT2D eigenvalue weighted by molar-refractivity contribution is 5.74. The quantitative estimate of drug-likeness (QED) is 0.697. The number of fused-ring (bicyclic) bond motifs is 1. The maximum absolute atomic E-state index is 11.9. The van der Waals surface area contributed by atoms with Crippen molar-refractivity contribution in [2.24, 2.45) is 7.05 Å². The molecule has 0 aliphatic heterocycles. The third kappa shape index (κ3) is 1.41. The number of anilines is 1. The molecule has 0 radical (unpaired) electrons. The molecule has 18 heavy (non-hydrogen) atoms. The molecular formula is C13H12N4O. The van der Waals surface area contributed by atoms with Gasteiger partial charge in [0, 0.05) is 25.0 Å². The third-order valence-corrected chi connectivity index (χ3v) is 2.95. The molecule has 5 nitrogen and oxygen atoms in total. The van der Waals surface area contributed by atoms with Crippen molar-refractivity contribution in [1.29, 1.82) is 0 Å². The normalized spacial score (nSPS) is 10.9. The predicted octanol–water partition coefficient (Wildman–Crippen LogP) is 1.28. The second kappa shape index (κ2) is 3.73. The van der Waals surface area contributed by atoms with Crippen LogP contribution in [0.15, 0.2) is 47.5 Å². The van der Waals surface area contributed by atoms with E-state index in [4.69, 9.17) is 5.73 Å². The van der Waals surface area contributed by atoms with Crippen molar-refractivity contribution in [2.45, 2.75) is 0 Å². The highest BCUT2D eigenvalue weighted by Gasteiger charge is 2.13. The van der Waals surface area contributed by atoms with Gasteiger partial charge < -0.3 is 10.3 Å². The van der Waals surface area contributed by atoms with Crippen LogP contribution in [0.2, 0.25) is 0 Å². The third-order valence-electron chi connectivity index (χ3n) is 2.95. The summed E-state index contributed by atoms with van der Waals surface area (Å²) in [6, 6.07) is 9.59. The number of hydrogen-bond acceptors (Lipinski definition) is 3.